The summed E-state index contributed by atoms with van der Waals surface area (Å²) in [7, 11) is 1.47. The van der Waals surface area contributed by atoms with Gasteiger partial charge in [-0.25, -0.2) is 0 Å². The summed E-state index contributed by atoms with van der Waals surface area (Å²) in [6, 6.07) is 40.7. The molecular formula is C47H38N2O6. The van der Waals surface area contributed by atoms with E-state index in [4.69, 9.17) is 4.74 Å². The zero-order chi connectivity index (χ0) is 37.8. The number of anilines is 3. The number of allylic oxidation sites excluding steroid dienone is 4. The third-order valence-corrected chi connectivity index (χ3v) is 12.1. The number of Topliss-reactive ketones (excluding diaryl/α,β-unsaturated/α-hetero) is 1. The number of rotatable bonds is 7. The van der Waals surface area contributed by atoms with Crippen molar-refractivity contribution >= 4 is 46.0 Å². The number of ether oxygens (including phenoxy) is 1. The van der Waals surface area contributed by atoms with Crippen molar-refractivity contribution < 1.29 is 29.0 Å². The molecule has 9 rings (SSSR count). The fourth-order valence-corrected chi connectivity index (χ4v) is 9.77. The number of para-hydroxylation sites is 1. The molecule has 0 unspecified atom stereocenters. The first-order valence-corrected chi connectivity index (χ1v) is 18.6. The Morgan fingerprint density at radius 2 is 1.40 bits per heavy atom. The van der Waals surface area contributed by atoms with Crippen LogP contribution in [0.1, 0.15) is 35.4 Å². The minimum atomic E-state index is -1.39. The van der Waals surface area contributed by atoms with Gasteiger partial charge in [-0.1, -0.05) is 96.6 Å². The Labute approximate surface area is 318 Å². The Morgan fingerprint density at radius 1 is 0.745 bits per heavy atom. The molecule has 272 valence electrons. The minimum absolute atomic E-state index is 0.102. The van der Waals surface area contributed by atoms with Crippen molar-refractivity contribution in [2.24, 2.45) is 23.7 Å². The lowest BCUT2D eigenvalue weighted by Crippen LogP contribution is -2.58. The highest BCUT2D eigenvalue weighted by molar-refractivity contribution is 6.32. The SMILES string of the molecule is COc1ccc([C@H]2C3=CC[C@@H]4C(=O)N(c5ccc(Nc6ccccc6)cc5)C(=O)[C@@H]4[C@@H]3C[C@H]3C(=O)C(c4ccccc4)=CC(=O)[C@@]23c2ccccc2)cc1O. The molecule has 0 aromatic heterocycles. The van der Waals surface area contributed by atoms with Gasteiger partial charge in [0.25, 0.3) is 0 Å². The van der Waals surface area contributed by atoms with Crippen molar-refractivity contribution in [3.63, 3.8) is 0 Å². The van der Waals surface area contributed by atoms with Gasteiger partial charge in [0.2, 0.25) is 11.8 Å². The van der Waals surface area contributed by atoms with Crippen LogP contribution in [0, 0.1) is 23.7 Å². The summed E-state index contributed by atoms with van der Waals surface area (Å²) in [6.45, 7) is 0. The number of ketones is 2. The number of hydrogen-bond donors (Lipinski definition) is 2. The molecule has 8 nitrogen and oxygen atoms in total. The fourth-order valence-electron chi connectivity index (χ4n) is 9.77. The van der Waals surface area contributed by atoms with E-state index in [-0.39, 0.29) is 41.3 Å². The standard InChI is InChI=1S/C47H38N2O6/c1-55-40-24-17-29(25-39(40)50)43-34-22-23-35-42(46(54)49(45(35)53)33-20-18-32(19-21-33)48-31-15-9-4-10-16-31)37(34)26-38-44(52)36(28-11-5-2-6-12-28)27-41(51)47(38,43)30-13-7-3-8-14-30/h2-22,24-25,27,35,37-38,42-43,48,50H,23,26H2,1H3/t35-,37+,38-,42-,43-,47-/m0/s1. The molecule has 8 heteroatoms. The number of nitrogens with one attached hydrogen (secondary N) is 1. The van der Waals surface area contributed by atoms with Crippen LogP contribution in [0.15, 0.2) is 151 Å². The zero-order valence-corrected chi connectivity index (χ0v) is 30.1. The molecule has 5 aromatic rings. The maximum atomic E-state index is 15.2. The third kappa shape index (κ3) is 5.35. The molecule has 2 amide bonds. The maximum absolute atomic E-state index is 15.2. The van der Waals surface area contributed by atoms with E-state index in [0.717, 1.165) is 16.9 Å². The number of phenols is 1. The first-order valence-electron chi connectivity index (χ1n) is 18.6. The molecule has 5 aromatic carbocycles. The van der Waals surface area contributed by atoms with Gasteiger partial charge in [-0.05, 0) is 90.1 Å². The number of fused-ring (bicyclic) bond motifs is 4. The first-order chi connectivity index (χ1) is 26.8. The predicted molar refractivity (Wildman–Crippen MR) is 210 cm³/mol. The lowest BCUT2D eigenvalue weighted by Gasteiger charge is -2.55. The van der Waals surface area contributed by atoms with E-state index in [1.54, 1.807) is 24.3 Å². The van der Waals surface area contributed by atoms with Crippen molar-refractivity contribution in [2.75, 3.05) is 17.3 Å². The first kappa shape index (κ1) is 34.2. The average molecular weight is 727 g/mol. The van der Waals surface area contributed by atoms with Crippen LogP contribution >= 0.6 is 0 Å². The van der Waals surface area contributed by atoms with E-state index >= 15 is 9.59 Å². The summed E-state index contributed by atoms with van der Waals surface area (Å²) in [4.78, 5) is 60.6. The molecular weight excluding hydrogens is 689 g/mol. The normalized spacial score (nSPS) is 25.7. The van der Waals surface area contributed by atoms with Gasteiger partial charge in [-0.2, -0.15) is 0 Å². The van der Waals surface area contributed by atoms with E-state index in [9.17, 15) is 14.7 Å². The van der Waals surface area contributed by atoms with Gasteiger partial charge in [0.1, 0.15) is 0 Å². The van der Waals surface area contributed by atoms with Crippen molar-refractivity contribution in [2.45, 2.75) is 24.2 Å². The molecule has 0 bridgehead atoms. The van der Waals surface area contributed by atoms with E-state index in [2.05, 4.69) is 5.32 Å². The summed E-state index contributed by atoms with van der Waals surface area (Å²) in [5.74, 6) is -4.33. The molecule has 6 atom stereocenters. The zero-order valence-electron chi connectivity index (χ0n) is 30.1. The monoisotopic (exact) mass is 726 g/mol. The highest BCUT2D eigenvalue weighted by Crippen LogP contribution is 2.64. The largest absolute Gasteiger partial charge is 0.504 e. The number of phenolic OH excluding ortho intramolecular Hbond substituents is 1. The number of amides is 2. The fraction of sp³-hybridized carbons (Fsp3) is 0.191. The van der Waals surface area contributed by atoms with Crippen molar-refractivity contribution in [1.29, 1.82) is 0 Å². The molecule has 1 saturated heterocycles. The Hall–Kier alpha value is -6.54. The van der Waals surface area contributed by atoms with Crippen molar-refractivity contribution in [3.05, 3.63) is 168 Å². The number of carbonyl (C=O) groups is 4. The van der Waals surface area contributed by atoms with Crippen LogP contribution in [0.25, 0.3) is 5.57 Å². The minimum Gasteiger partial charge on any atom is -0.504 e. The summed E-state index contributed by atoms with van der Waals surface area (Å²) in [6.07, 6.45) is 4.01. The quantitative estimate of drug-likeness (QED) is 0.129. The summed E-state index contributed by atoms with van der Waals surface area (Å²) in [5.41, 5.74) is 3.93. The maximum Gasteiger partial charge on any atom is 0.238 e. The van der Waals surface area contributed by atoms with Crippen LogP contribution in [0.5, 0.6) is 11.5 Å². The summed E-state index contributed by atoms with van der Waals surface area (Å²) < 4.78 is 5.40. The number of imide groups is 1. The van der Waals surface area contributed by atoms with Crippen LogP contribution < -0.4 is 15.0 Å². The van der Waals surface area contributed by atoms with Gasteiger partial charge in [-0.15, -0.1) is 0 Å². The molecule has 3 aliphatic carbocycles. The third-order valence-electron chi connectivity index (χ3n) is 12.1. The van der Waals surface area contributed by atoms with Gasteiger partial charge in [-0.3, -0.25) is 24.1 Å². The Morgan fingerprint density at radius 3 is 2.07 bits per heavy atom. The Balaban J connectivity index is 1.18. The number of nitrogens with zero attached hydrogens (tertiary/aromatic N) is 1. The van der Waals surface area contributed by atoms with Gasteiger partial charge >= 0.3 is 0 Å². The molecule has 55 heavy (non-hydrogen) atoms. The summed E-state index contributed by atoms with van der Waals surface area (Å²) in [5, 5.41) is 14.5. The predicted octanol–water partition coefficient (Wildman–Crippen LogP) is 8.17. The molecule has 1 saturated carbocycles. The molecule has 2 N–H and O–H groups in total. The molecule has 4 aliphatic rings. The molecule has 1 heterocycles. The number of aromatic hydroxyl groups is 1. The Bertz CT molecular complexity index is 2410. The van der Waals surface area contributed by atoms with Crippen molar-refractivity contribution in [1.82, 2.24) is 0 Å². The highest BCUT2D eigenvalue weighted by Gasteiger charge is 2.66. The summed E-state index contributed by atoms with van der Waals surface area (Å²) >= 11 is 0. The Kier molecular flexibility index (Phi) is 8.34. The number of carbonyl (C=O) groups excluding carboxylic acids is 4. The number of benzene rings is 5. The second-order valence-electron chi connectivity index (χ2n) is 14.8. The van der Waals surface area contributed by atoms with E-state index in [1.165, 1.54) is 18.1 Å². The topological polar surface area (TPSA) is 113 Å². The molecule has 1 aliphatic heterocycles. The second kappa shape index (κ2) is 13.4. The van der Waals surface area contributed by atoms with Crippen LogP contribution in [0.4, 0.5) is 17.1 Å². The van der Waals surface area contributed by atoms with E-state index < -0.39 is 35.0 Å². The van der Waals surface area contributed by atoms with E-state index in [1.807, 2.05) is 115 Å². The van der Waals surface area contributed by atoms with Crippen LogP contribution in [-0.2, 0) is 24.6 Å². The average Bonchev–Trinajstić information content (AvgIpc) is 3.48. The van der Waals surface area contributed by atoms with Crippen molar-refractivity contribution in [3.8, 4) is 11.5 Å². The number of hydrogen-bond acceptors (Lipinski definition) is 7. The molecule has 2 fully saturated rings. The van der Waals surface area contributed by atoms with Crippen LogP contribution in [-0.4, -0.2) is 35.6 Å². The number of methoxy groups -OCH3 is 1. The van der Waals surface area contributed by atoms with E-state index in [0.29, 0.717) is 34.4 Å². The van der Waals surface area contributed by atoms with Gasteiger partial charge < -0.3 is 15.2 Å². The lowest BCUT2D eigenvalue weighted by atomic mass is 9.44. The smallest absolute Gasteiger partial charge is 0.238 e. The van der Waals surface area contributed by atoms with Gasteiger partial charge in [0.15, 0.2) is 23.1 Å². The molecule has 0 radical (unpaired) electrons. The van der Waals surface area contributed by atoms with Crippen LogP contribution in [0.3, 0.4) is 0 Å². The lowest BCUT2D eigenvalue weighted by molar-refractivity contribution is -0.135. The second-order valence-corrected chi connectivity index (χ2v) is 14.8. The van der Waals surface area contributed by atoms with Crippen LogP contribution in [0.2, 0.25) is 0 Å². The van der Waals surface area contributed by atoms with Gasteiger partial charge in [0, 0.05) is 28.8 Å². The van der Waals surface area contributed by atoms with Gasteiger partial charge in [0.05, 0.1) is 30.0 Å². The molecule has 0 spiro atoms. The highest BCUT2D eigenvalue weighted by atomic mass is 16.5.